The normalized spacial score (nSPS) is 10.9. The Balaban J connectivity index is 1.61. The molecule has 0 spiro atoms. The number of nitrogens with zero attached hydrogens (tertiary/aromatic N) is 3. The van der Waals surface area contributed by atoms with E-state index < -0.39 is 5.97 Å². The smallest absolute Gasteiger partial charge is 0.348 e. The number of rotatable bonds is 10. The molecule has 1 amide bonds. The summed E-state index contributed by atoms with van der Waals surface area (Å²) in [5, 5.41) is 3.75. The van der Waals surface area contributed by atoms with E-state index in [9.17, 15) is 14.4 Å². The summed E-state index contributed by atoms with van der Waals surface area (Å²) in [5.41, 5.74) is 3.16. The van der Waals surface area contributed by atoms with Crippen LogP contribution in [0.5, 0.6) is 0 Å². The highest BCUT2D eigenvalue weighted by molar-refractivity contribution is 7.99. The fourth-order valence-electron chi connectivity index (χ4n) is 3.95. The molecule has 0 unspecified atom stereocenters. The van der Waals surface area contributed by atoms with Crippen LogP contribution in [0.2, 0.25) is 0 Å². The molecule has 0 aliphatic carbocycles. The first-order valence-electron chi connectivity index (χ1n) is 12.2. The van der Waals surface area contributed by atoms with E-state index in [2.05, 4.69) is 5.32 Å². The predicted molar refractivity (Wildman–Crippen MR) is 155 cm³/mol. The van der Waals surface area contributed by atoms with Crippen molar-refractivity contribution >= 4 is 56.6 Å². The molecule has 38 heavy (non-hydrogen) atoms. The molecule has 1 N–H and O–H groups in total. The molecule has 4 rings (SSSR count). The zero-order chi connectivity index (χ0) is 27.2. The molecule has 0 radical (unpaired) electrons. The maximum absolute atomic E-state index is 13.7. The van der Waals surface area contributed by atoms with Gasteiger partial charge in [0, 0.05) is 32.0 Å². The van der Waals surface area contributed by atoms with Crippen LogP contribution in [0.25, 0.3) is 10.2 Å². The number of thiophene rings is 1. The highest BCUT2D eigenvalue weighted by Crippen LogP contribution is 2.30. The number of thioether (sulfide) groups is 1. The summed E-state index contributed by atoms with van der Waals surface area (Å²) in [6, 6.07) is 17.4. The third-order valence-electron chi connectivity index (χ3n) is 5.94. The predicted octanol–water partition coefficient (Wildman–Crippen LogP) is 4.98. The van der Waals surface area contributed by atoms with Gasteiger partial charge in [-0.2, -0.15) is 0 Å². The highest BCUT2D eigenvalue weighted by atomic mass is 32.2. The standard InChI is InChI=1S/C28H30N4O4S2/c1-5-36-27(35)24-18(2)23-25(38-24)30-28(32(26(23)34)16-15-19-9-7-6-8-10-19)37-17-22(33)29-20-11-13-21(14-12-20)31(3)4/h6-14H,5,15-17H2,1-4H3,(H,29,33). The number of hydrogen-bond acceptors (Lipinski definition) is 8. The molecule has 8 nitrogen and oxygen atoms in total. The third-order valence-corrected chi connectivity index (χ3v) is 8.09. The summed E-state index contributed by atoms with van der Waals surface area (Å²) in [6.07, 6.45) is 0.625. The minimum Gasteiger partial charge on any atom is -0.462 e. The third kappa shape index (κ3) is 6.25. The van der Waals surface area contributed by atoms with E-state index >= 15 is 0 Å². The Morgan fingerprint density at radius 1 is 1.11 bits per heavy atom. The van der Waals surface area contributed by atoms with Crippen LogP contribution in [0, 0.1) is 6.92 Å². The lowest BCUT2D eigenvalue weighted by Crippen LogP contribution is -2.25. The number of benzene rings is 2. The maximum atomic E-state index is 13.7. The Morgan fingerprint density at radius 3 is 2.47 bits per heavy atom. The van der Waals surface area contributed by atoms with Crippen LogP contribution < -0.4 is 15.8 Å². The van der Waals surface area contributed by atoms with Crippen LogP contribution in [0.1, 0.15) is 27.7 Å². The van der Waals surface area contributed by atoms with E-state index in [0.717, 1.165) is 22.6 Å². The van der Waals surface area contributed by atoms with E-state index in [1.54, 1.807) is 18.4 Å². The zero-order valence-electron chi connectivity index (χ0n) is 21.8. The Morgan fingerprint density at radius 2 is 1.82 bits per heavy atom. The fraction of sp³-hybridized carbons (Fsp3) is 0.286. The van der Waals surface area contributed by atoms with Gasteiger partial charge in [-0.15, -0.1) is 11.3 Å². The van der Waals surface area contributed by atoms with E-state index in [1.807, 2.05) is 73.6 Å². The van der Waals surface area contributed by atoms with Crippen LogP contribution in [-0.4, -0.2) is 47.9 Å². The van der Waals surface area contributed by atoms with Gasteiger partial charge < -0.3 is 15.0 Å². The van der Waals surface area contributed by atoms with Crippen molar-refractivity contribution in [3.8, 4) is 0 Å². The molecule has 2 aromatic carbocycles. The molecule has 0 saturated carbocycles. The number of carbonyl (C=O) groups excluding carboxylic acids is 2. The summed E-state index contributed by atoms with van der Waals surface area (Å²) in [6.45, 7) is 4.13. The Kier molecular flexibility index (Phi) is 8.85. The van der Waals surface area contributed by atoms with Crippen LogP contribution in [-0.2, 0) is 22.5 Å². The fourth-order valence-corrected chi connectivity index (χ4v) is 5.89. The maximum Gasteiger partial charge on any atom is 0.348 e. The number of carbonyl (C=O) groups is 2. The van der Waals surface area contributed by atoms with Crippen molar-refractivity contribution in [3.63, 3.8) is 0 Å². The lowest BCUT2D eigenvalue weighted by atomic mass is 10.1. The van der Waals surface area contributed by atoms with Crippen LogP contribution in [0.3, 0.4) is 0 Å². The van der Waals surface area contributed by atoms with Crippen molar-refractivity contribution in [1.82, 2.24) is 9.55 Å². The minimum atomic E-state index is -0.461. The second kappa shape index (κ2) is 12.3. The summed E-state index contributed by atoms with van der Waals surface area (Å²) in [7, 11) is 3.91. The molecule has 10 heteroatoms. The quantitative estimate of drug-likeness (QED) is 0.169. The number of esters is 1. The molecule has 0 saturated heterocycles. The lowest BCUT2D eigenvalue weighted by molar-refractivity contribution is -0.113. The lowest BCUT2D eigenvalue weighted by Gasteiger charge is -2.14. The molecule has 0 aliphatic rings. The largest absolute Gasteiger partial charge is 0.462 e. The van der Waals surface area contributed by atoms with E-state index in [-0.39, 0.29) is 23.8 Å². The van der Waals surface area contributed by atoms with Gasteiger partial charge in [-0.3, -0.25) is 14.2 Å². The topological polar surface area (TPSA) is 93.5 Å². The van der Waals surface area contributed by atoms with Crippen molar-refractivity contribution < 1.29 is 14.3 Å². The second-order valence-electron chi connectivity index (χ2n) is 8.82. The first kappa shape index (κ1) is 27.4. The van der Waals surface area contributed by atoms with Gasteiger partial charge in [0.2, 0.25) is 5.91 Å². The number of aryl methyl sites for hydroxylation is 2. The van der Waals surface area contributed by atoms with Crippen molar-refractivity contribution in [2.75, 3.05) is 36.7 Å². The average molecular weight is 551 g/mol. The molecule has 4 aromatic rings. The summed E-state index contributed by atoms with van der Waals surface area (Å²) >= 11 is 2.35. The number of nitrogens with one attached hydrogen (secondary N) is 1. The number of aromatic nitrogens is 2. The Bertz CT molecular complexity index is 1500. The number of amides is 1. The Labute approximate surface area is 229 Å². The van der Waals surface area contributed by atoms with Crippen molar-refractivity contribution in [3.05, 3.63) is 81.0 Å². The van der Waals surface area contributed by atoms with Gasteiger partial charge in [-0.25, -0.2) is 9.78 Å². The SMILES string of the molecule is CCOC(=O)c1sc2nc(SCC(=O)Nc3ccc(N(C)C)cc3)n(CCc3ccccc3)c(=O)c2c1C. The zero-order valence-corrected chi connectivity index (χ0v) is 23.4. The molecule has 198 valence electrons. The molecule has 0 fully saturated rings. The molecule has 2 aromatic heterocycles. The summed E-state index contributed by atoms with van der Waals surface area (Å²) in [5.74, 6) is -0.586. The van der Waals surface area contributed by atoms with Gasteiger partial charge in [0.15, 0.2) is 5.16 Å². The molecule has 2 heterocycles. The van der Waals surface area contributed by atoms with Crippen molar-refractivity contribution in [2.24, 2.45) is 0 Å². The number of ether oxygens (including phenoxy) is 1. The minimum absolute atomic E-state index is 0.0772. The molecular formula is C28H30N4O4S2. The van der Waals surface area contributed by atoms with Crippen LogP contribution in [0.4, 0.5) is 11.4 Å². The summed E-state index contributed by atoms with van der Waals surface area (Å²) < 4.78 is 6.78. The highest BCUT2D eigenvalue weighted by Gasteiger charge is 2.23. The number of anilines is 2. The van der Waals surface area contributed by atoms with Crippen molar-refractivity contribution in [1.29, 1.82) is 0 Å². The van der Waals surface area contributed by atoms with Crippen LogP contribution >= 0.6 is 23.1 Å². The van der Waals surface area contributed by atoms with E-state index in [0.29, 0.717) is 44.5 Å². The first-order valence-corrected chi connectivity index (χ1v) is 14.0. The van der Waals surface area contributed by atoms with Gasteiger partial charge in [0.1, 0.15) is 9.71 Å². The molecule has 0 aliphatic heterocycles. The molecule has 0 bridgehead atoms. The van der Waals surface area contributed by atoms with Gasteiger partial charge in [0.25, 0.3) is 5.56 Å². The van der Waals surface area contributed by atoms with E-state index in [4.69, 9.17) is 9.72 Å². The van der Waals surface area contributed by atoms with E-state index in [1.165, 1.54) is 11.8 Å². The molecular weight excluding hydrogens is 520 g/mol. The number of hydrogen-bond donors (Lipinski definition) is 1. The van der Waals surface area contributed by atoms with Gasteiger partial charge in [-0.1, -0.05) is 42.1 Å². The summed E-state index contributed by atoms with van der Waals surface area (Å²) in [4.78, 5) is 46.4. The van der Waals surface area contributed by atoms with Gasteiger partial charge in [-0.05, 0) is 55.7 Å². The second-order valence-corrected chi connectivity index (χ2v) is 10.8. The Hall–Kier alpha value is -3.63. The van der Waals surface area contributed by atoms with Crippen LogP contribution in [0.15, 0.2) is 64.5 Å². The first-order chi connectivity index (χ1) is 18.3. The van der Waals surface area contributed by atoms with Gasteiger partial charge in [0.05, 0.1) is 17.7 Å². The molecule has 0 atom stereocenters. The monoisotopic (exact) mass is 550 g/mol. The van der Waals surface area contributed by atoms with Crippen molar-refractivity contribution in [2.45, 2.75) is 32.0 Å². The van der Waals surface area contributed by atoms with Gasteiger partial charge >= 0.3 is 5.97 Å². The number of fused-ring (bicyclic) bond motifs is 1. The average Bonchev–Trinajstić information content (AvgIpc) is 3.24.